The van der Waals surface area contributed by atoms with E-state index in [9.17, 15) is 15.3 Å². The molecule has 3 N–H and O–H groups in total. The van der Waals surface area contributed by atoms with Crippen LogP contribution in [0.15, 0.2) is 12.7 Å². The minimum atomic E-state index is -0.737. The third-order valence-corrected chi connectivity index (χ3v) is 4.88. The molecule has 8 unspecified atom stereocenters. The second kappa shape index (κ2) is 9.24. The van der Waals surface area contributed by atoms with E-state index in [4.69, 9.17) is 18.9 Å². The zero-order valence-corrected chi connectivity index (χ0v) is 14.4. The van der Waals surface area contributed by atoms with Crippen LogP contribution in [-0.4, -0.2) is 72.6 Å². The maximum Gasteiger partial charge on any atom is 0.164 e. The Kier molecular flexibility index (Phi) is 7.61. The van der Waals surface area contributed by atoms with Gasteiger partial charge in [-0.1, -0.05) is 13.0 Å². The summed E-state index contributed by atoms with van der Waals surface area (Å²) >= 11 is 0. The molecule has 2 aliphatic rings. The molecule has 0 aliphatic carbocycles. The molecule has 140 valence electrons. The van der Waals surface area contributed by atoms with Gasteiger partial charge < -0.3 is 34.3 Å². The summed E-state index contributed by atoms with van der Waals surface area (Å²) < 4.78 is 22.9. The van der Waals surface area contributed by atoms with E-state index in [0.29, 0.717) is 19.3 Å². The number of ether oxygens (including phenoxy) is 4. The third-order valence-electron chi connectivity index (χ3n) is 4.88. The van der Waals surface area contributed by atoms with Gasteiger partial charge in [-0.25, -0.2) is 0 Å². The standard InChI is InChI=1S/C17H30O7/c1-4-11-5-6-12(20)14(8-18)23-17(11)22-13-7-10(2)16(21-3)24-15(13)9-19/h4,10-20H,1,5-9H2,2-3H3. The van der Waals surface area contributed by atoms with Crippen LogP contribution in [0.2, 0.25) is 0 Å². The smallest absolute Gasteiger partial charge is 0.164 e. The fourth-order valence-corrected chi connectivity index (χ4v) is 3.36. The number of methoxy groups -OCH3 is 1. The van der Waals surface area contributed by atoms with E-state index in [1.165, 1.54) is 0 Å². The molecule has 2 aliphatic heterocycles. The van der Waals surface area contributed by atoms with Crippen molar-refractivity contribution in [3.63, 3.8) is 0 Å². The quantitative estimate of drug-likeness (QED) is 0.600. The summed E-state index contributed by atoms with van der Waals surface area (Å²) in [6, 6.07) is 0. The lowest BCUT2D eigenvalue weighted by Gasteiger charge is -2.41. The molecular weight excluding hydrogens is 316 g/mol. The van der Waals surface area contributed by atoms with Crippen molar-refractivity contribution in [2.75, 3.05) is 20.3 Å². The molecule has 0 radical (unpaired) electrons. The summed E-state index contributed by atoms with van der Waals surface area (Å²) in [5, 5.41) is 29.1. The van der Waals surface area contributed by atoms with Crippen LogP contribution >= 0.6 is 0 Å². The van der Waals surface area contributed by atoms with Crippen LogP contribution in [0.4, 0.5) is 0 Å². The van der Waals surface area contributed by atoms with E-state index >= 15 is 0 Å². The van der Waals surface area contributed by atoms with Gasteiger partial charge in [0.05, 0.1) is 25.4 Å². The van der Waals surface area contributed by atoms with E-state index in [-0.39, 0.29) is 37.4 Å². The first-order chi connectivity index (χ1) is 11.5. The van der Waals surface area contributed by atoms with Gasteiger partial charge in [-0.15, -0.1) is 6.58 Å². The fourth-order valence-electron chi connectivity index (χ4n) is 3.36. The Balaban J connectivity index is 2.08. The molecule has 2 rings (SSSR count). The van der Waals surface area contributed by atoms with Crippen LogP contribution in [0.3, 0.4) is 0 Å². The van der Waals surface area contributed by atoms with Crippen LogP contribution < -0.4 is 0 Å². The molecule has 8 atom stereocenters. The van der Waals surface area contributed by atoms with Crippen molar-refractivity contribution in [2.24, 2.45) is 11.8 Å². The van der Waals surface area contributed by atoms with Crippen LogP contribution in [0, 0.1) is 11.8 Å². The van der Waals surface area contributed by atoms with Gasteiger partial charge in [0.2, 0.25) is 0 Å². The first-order valence-corrected chi connectivity index (χ1v) is 8.55. The molecule has 2 fully saturated rings. The Bertz CT molecular complexity index is 391. The SMILES string of the molecule is C=CC1CCC(O)C(CO)OC1OC1CC(C)C(OC)OC1CO. The van der Waals surface area contributed by atoms with Crippen molar-refractivity contribution >= 4 is 0 Å². The van der Waals surface area contributed by atoms with E-state index in [2.05, 4.69) is 6.58 Å². The molecule has 0 amide bonds. The molecule has 7 heteroatoms. The molecule has 24 heavy (non-hydrogen) atoms. The fraction of sp³-hybridized carbons (Fsp3) is 0.882. The first-order valence-electron chi connectivity index (χ1n) is 8.55. The van der Waals surface area contributed by atoms with Crippen molar-refractivity contribution in [2.45, 2.75) is 63.2 Å². The van der Waals surface area contributed by atoms with Crippen molar-refractivity contribution in [3.8, 4) is 0 Å². The van der Waals surface area contributed by atoms with Crippen LogP contribution in [-0.2, 0) is 18.9 Å². The number of rotatable bonds is 6. The zero-order valence-electron chi connectivity index (χ0n) is 14.4. The maximum absolute atomic E-state index is 10.0. The van der Waals surface area contributed by atoms with Gasteiger partial charge in [0, 0.05) is 18.9 Å². The van der Waals surface area contributed by atoms with E-state index in [1.54, 1.807) is 13.2 Å². The summed E-state index contributed by atoms with van der Waals surface area (Å²) in [6.07, 6.45) is 0.230. The number of aliphatic hydroxyl groups is 3. The molecule has 0 saturated carbocycles. The van der Waals surface area contributed by atoms with Gasteiger partial charge in [-0.3, -0.25) is 0 Å². The Morgan fingerprint density at radius 3 is 2.38 bits per heavy atom. The lowest BCUT2D eigenvalue weighted by molar-refractivity contribution is -0.292. The maximum atomic E-state index is 10.0. The summed E-state index contributed by atoms with van der Waals surface area (Å²) in [5.74, 6) is 0.000913. The highest BCUT2D eigenvalue weighted by Crippen LogP contribution is 2.32. The van der Waals surface area contributed by atoms with Crippen molar-refractivity contribution in [1.29, 1.82) is 0 Å². The summed E-state index contributed by atoms with van der Waals surface area (Å²) in [6.45, 7) is 5.35. The Morgan fingerprint density at radius 2 is 1.79 bits per heavy atom. The average Bonchev–Trinajstić information content (AvgIpc) is 2.74. The summed E-state index contributed by atoms with van der Waals surface area (Å²) in [4.78, 5) is 0. The minimum absolute atomic E-state index is 0.106. The van der Waals surface area contributed by atoms with Gasteiger partial charge >= 0.3 is 0 Å². The molecule has 0 aromatic rings. The second-order valence-electron chi connectivity index (χ2n) is 6.62. The molecule has 0 spiro atoms. The molecule has 0 aromatic carbocycles. The molecule has 7 nitrogen and oxygen atoms in total. The van der Waals surface area contributed by atoms with Crippen LogP contribution in [0.1, 0.15) is 26.2 Å². The lowest BCUT2D eigenvalue weighted by Crippen LogP contribution is -2.49. The first kappa shape index (κ1) is 19.8. The molecular formula is C17H30O7. The van der Waals surface area contributed by atoms with E-state index < -0.39 is 24.6 Å². The predicted molar refractivity (Wildman–Crippen MR) is 86.1 cm³/mol. The molecule has 0 aromatic heterocycles. The van der Waals surface area contributed by atoms with Crippen molar-refractivity contribution in [1.82, 2.24) is 0 Å². The predicted octanol–water partition coefficient (Wildman–Crippen LogP) is 0.422. The average molecular weight is 346 g/mol. The number of aliphatic hydroxyl groups excluding tert-OH is 3. The largest absolute Gasteiger partial charge is 0.394 e. The van der Waals surface area contributed by atoms with Gasteiger partial charge in [0.15, 0.2) is 12.6 Å². The third kappa shape index (κ3) is 4.54. The number of hydrogen-bond acceptors (Lipinski definition) is 7. The van der Waals surface area contributed by atoms with Crippen molar-refractivity contribution < 1.29 is 34.3 Å². The second-order valence-corrected chi connectivity index (χ2v) is 6.62. The van der Waals surface area contributed by atoms with E-state index in [1.807, 2.05) is 6.92 Å². The van der Waals surface area contributed by atoms with Gasteiger partial charge in [-0.2, -0.15) is 0 Å². The topological polar surface area (TPSA) is 97.6 Å². The zero-order chi connectivity index (χ0) is 17.7. The van der Waals surface area contributed by atoms with Crippen LogP contribution in [0.25, 0.3) is 0 Å². The Hall–Kier alpha value is -0.540. The summed E-state index contributed by atoms with van der Waals surface area (Å²) in [5.41, 5.74) is 0. The Labute approximate surface area is 143 Å². The van der Waals surface area contributed by atoms with E-state index in [0.717, 1.165) is 0 Å². The molecule has 2 heterocycles. The lowest BCUT2D eigenvalue weighted by atomic mass is 9.95. The Morgan fingerprint density at radius 1 is 1.12 bits per heavy atom. The minimum Gasteiger partial charge on any atom is -0.394 e. The van der Waals surface area contributed by atoms with Gasteiger partial charge in [-0.05, 0) is 19.3 Å². The van der Waals surface area contributed by atoms with Gasteiger partial charge in [0.25, 0.3) is 0 Å². The highest BCUT2D eigenvalue weighted by Gasteiger charge is 2.40. The highest BCUT2D eigenvalue weighted by molar-refractivity contribution is 4.89. The summed E-state index contributed by atoms with van der Waals surface area (Å²) in [7, 11) is 1.58. The monoisotopic (exact) mass is 346 g/mol. The molecule has 2 saturated heterocycles. The normalized spacial score (nSPS) is 44.0. The van der Waals surface area contributed by atoms with Gasteiger partial charge in [0.1, 0.15) is 12.2 Å². The van der Waals surface area contributed by atoms with Crippen molar-refractivity contribution in [3.05, 3.63) is 12.7 Å². The number of hydrogen-bond donors (Lipinski definition) is 3. The molecule has 0 bridgehead atoms. The van der Waals surface area contributed by atoms with Crippen LogP contribution in [0.5, 0.6) is 0 Å². The highest BCUT2D eigenvalue weighted by atomic mass is 16.7.